The molecule has 1 fully saturated rings. The molecular weight excluding hydrogens is 516 g/mol. The molecule has 5 aromatic rings. The number of ether oxygens (including phenoxy) is 3. The molecule has 0 aliphatic carbocycles. The van der Waals surface area contributed by atoms with Gasteiger partial charge in [0, 0.05) is 6.20 Å². The van der Waals surface area contributed by atoms with E-state index < -0.39 is 30.0 Å². The van der Waals surface area contributed by atoms with Gasteiger partial charge in [-0.25, -0.2) is 4.79 Å². The molecule has 0 radical (unpaired) electrons. The molecule has 0 amide bonds. The Hall–Kier alpha value is -4.18. The number of nitrogens with two attached hydrogens (primary N) is 1. The van der Waals surface area contributed by atoms with E-state index in [0.717, 1.165) is 43.4 Å². The van der Waals surface area contributed by atoms with Gasteiger partial charge in [0.15, 0.2) is 6.10 Å². The number of rotatable bonds is 8. The zero-order valence-corrected chi connectivity index (χ0v) is 21.5. The largest absolute Gasteiger partial charge is 0.383 e. The predicted molar refractivity (Wildman–Crippen MR) is 148 cm³/mol. The summed E-state index contributed by atoms with van der Waals surface area (Å²) in [7, 11) is 0. The van der Waals surface area contributed by atoms with Crippen molar-refractivity contribution in [2.45, 2.75) is 37.6 Å². The van der Waals surface area contributed by atoms with E-state index in [0.29, 0.717) is 0 Å². The quantitative estimate of drug-likeness (QED) is 0.279. The molecule has 1 aliphatic rings. The average Bonchev–Trinajstić information content (AvgIpc) is 3.20. The van der Waals surface area contributed by atoms with Crippen molar-refractivity contribution in [3.63, 3.8) is 0 Å². The van der Waals surface area contributed by atoms with Crippen LogP contribution in [0.15, 0.2) is 102 Å². The average molecular weight is 544 g/mol. The normalized spacial score (nSPS) is 20.3. The van der Waals surface area contributed by atoms with E-state index in [9.17, 15) is 4.79 Å². The van der Waals surface area contributed by atoms with E-state index in [1.54, 1.807) is 0 Å². The van der Waals surface area contributed by atoms with Crippen LogP contribution in [0.1, 0.15) is 17.4 Å². The first-order chi connectivity index (χ1) is 19.4. The molecule has 2 N–H and O–H groups in total. The number of aromatic nitrogens is 2. The predicted octanol–water partition coefficient (Wildman–Crippen LogP) is 5.47. The number of anilines is 1. The summed E-state index contributed by atoms with van der Waals surface area (Å²) in [5.41, 5.74) is 6.29. The van der Waals surface area contributed by atoms with Crippen molar-refractivity contribution in [1.29, 1.82) is 0 Å². The summed E-state index contributed by atoms with van der Waals surface area (Å²) >= 11 is 0. The minimum atomic E-state index is -3.57. The standard InChI is InChI=1S/C31H27F2N3O4/c32-31(33)28(39-18-24-10-5-9-22-7-3-4-11-25(22)24)26(40-29(31)36-15-14-27(34)35-30(36)37)19-38-17-20-12-13-21-6-1-2-8-23(21)16-20/h1-16,26,28-29H,17-19H2,(H2,34,35,37)/t26-,28-,29-/m1/s1. The van der Waals surface area contributed by atoms with E-state index in [1.807, 2.05) is 84.9 Å². The number of benzene rings is 4. The van der Waals surface area contributed by atoms with Crippen LogP contribution >= 0.6 is 0 Å². The van der Waals surface area contributed by atoms with E-state index in [1.165, 1.54) is 6.07 Å². The molecule has 1 aliphatic heterocycles. The van der Waals surface area contributed by atoms with E-state index in [4.69, 9.17) is 19.9 Å². The Labute approximate surface area is 228 Å². The third-order valence-corrected chi connectivity index (χ3v) is 7.12. The molecule has 204 valence electrons. The third kappa shape index (κ3) is 5.06. The number of hydrogen-bond acceptors (Lipinski definition) is 6. The van der Waals surface area contributed by atoms with Gasteiger partial charge in [-0.2, -0.15) is 13.8 Å². The Balaban J connectivity index is 1.24. The Kier molecular flexibility index (Phi) is 7.02. The van der Waals surface area contributed by atoms with Crippen LogP contribution in [0.4, 0.5) is 14.6 Å². The monoisotopic (exact) mass is 543 g/mol. The lowest BCUT2D eigenvalue weighted by Crippen LogP contribution is -2.43. The van der Waals surface area contributed by atoms with Crippen molar-refractivity contribution in [3.05, 3.63) is 119 Å². The second-order valence-electron chi connectivity index (χ2n) is 9.81. The maximum absolute atomic E-state index is 15.9. The van der Waals surface area contributed by atoms with Gasteiger partial charge in [-0.15, -0.1) is 0 Å². The van der Waals surface area contributed by atoms with Crippen LogP contribution < -0.4 is 11.4 Å². The van der Waals surface area contributed by atoms with E-state index >= 15 is 8.78 Å². The third-order valence-electron chi connectivity index (χ3n) is 7.12. The summed E-state index contributed by atoms with van der Waals surface area (Å²) in [6, 6.07) is 28.4. The Bertz CT molecular complexity index is 1720. The van der Waals surface area contributed by atoms with Gasteiger partial charge in [-0.1, -0.05) is 78.9 Å². The lowest BCUT2D eigenvalue weighted by molar-refractivity contribution is -0.157. The van der Waals surface area contributed by atoms with Gasteiger partial charge in [0.2, 0.25) is 6.23 Å². The zero-order valence-electron chi connectivity index (χ0n) is 21.5. The summed E-state index contributed by atoms with van der Waals surface area (Å²) in [6.45, 7) is -0.0512. The Morgan fingerprint density at radius 3 is 2.48 bits per heavy atom. The number of alkyl halides is 2. The van der Waals surface area contributed by atoms with Gasteiger partial charge < -0.3 is 19.9 Å². The molecule has 0 saturated carbocycles. The zero-order chi connectivity index (χ0) is 27.7. The van der Waals surface area contributed by atoms with Gasteiger partial charge >= 0.3 is 11.6 Å². The van der Waals surface area contributed by atoms with E-state index in [2.05, 4.69) is 4.98 Å². The minimum absolute atomic E-state index is 0.0680. The Morgan fingerprint density at radius 2 is 1.65 bits per heavy atom. The number of fused-ring (bicyclic) bond motifs is 2. The molecule has 9 heteroatoms. The van der Waals surface area contributed by atoms with Crippen molar-refractivity contribution >= 4 is 27.4 Å². The van der Waals surface area contributed by atoms with Crippen LogP contribution in [-0.2, 0) is 27.4 Å². The van der Waals surface area contributed by atoms with E-state index in [-0.39, 0.29) is 25.6 Å². The van der Waals surface area contributed by atoms with Crippen molar-refractivity contribution in [2.75, 3.05) is 12.3 Å². The van der Waals surface area contributed by atoms with Crippen LogP contribution in [0.2, 0.25) is 0 Å². The fourth-order valence-corrected chi connectivity index (χ4v) is 5.14. The van der Waals surface area contributed by atoms with Crippen molar-refractivity contribution < 1.29 is 23.0 Å². The second kappa shape index (κ2) is 10.8. The number of nitrogen functional groups attached to an aromatic ring is 1. The molecule has 40 heavy (non-hydrogen) atoms. The number of halogens is 2. The first-order valence-corrected chi connectivity index (χ1v) is 12.9. The van der Waals surface area contributed by atoms with Crippen LogP contribution in [0.5, 0.6) is 0 Å². The van der Waals surface area contributed by atoms with Crippen LogP contribution in [0.25, 0.3) is 21.5 Å². The molecule has 6 rings (SSSR count). The first kappa shape index (κ1) is 26.1. The highest BCUT2D eigenvalue weighted by atomic mass is 19.3. The van der Waals surface area contributed by atoms with Crippen molar-refractivity contribution in [3.8, 4) is 0 Å². The molecule has 2 heterocycles. The molecular formula is C31H27F2N3O4. The fraction of sp³-hybridized carbons (Fsp3) is 0.226. The second-order valence-corrected chi connectivity index (χ2v) is 9.81. The molecule has 1 aromatic heterocycles. The van der Waals surface area contributed by atoms with Crippen LogP contribution in [0.3, 0.4) is 0 Å². The van der Waals surface area contributed by atoms with Crippen molar-refractivity contribution in [1.82, 2.24) is 9.55 Å². The minimum Gasteiger partial charge on any atom is -0.383 e. The summed E-state index contributed by atoms with van der Waals surface area (Å²) < 4.78 is 50.1. The van der Waals surface area contributed by atoms with Crippen LogP contribution in [0, 0.1) is 0 Å². The summed E-state index contributed by atoms with van der Waals surface area (Å²) in [5, 5.41) is 4.04. The topological polar surface area (TPSA) is 88.6 Å². The summed E-state index contributed by atoms with van der Waals surface area (Å²) in [6.07, 6.45) is -3.61. The van der Waals surface area contributed by atoms with Gasteiger partial charge in [0.25, 0.3) is 0 Å². The molecule has 7 nitrogen and oxygen atoms in total. The van der Waals surface area contributed by atoms with Gasteiger partial charge in [-0.05, 0) is 44.8 Å². The highest BCUT2D eigenvalue weighted by Crippen LogP contribution is 2.44. The maximum atomic E-state index is 15.9. The fourth-order valence-electron chi connectivity index (χ4n) is 5.14. The first-order valence-electron chi connectivity index (χ1n) is 12.9. The lowest BCUT2D eigenvalue weighted by atomic mass is 10.0. The maximum Gasteiger partial charge on any atom is 0.351 e. The molecule has 0 unspecified atom stereocenters. The highest BCUT2D eigenvalue weighted by molar-refractivity contribution is 5.85. The molecule has 3 atom stereocenters. The molecule has 0 spiro atoms. The molecule has 0 bridgehead atoms. The number of nitrogens with zero attached hydrogens (tertiary/aromatic N) is 2. The number of hydrogen-bond donors (Lipinski definition) is 1. The van der Waals surface area contributed by atoms with Gasteiger partial charge in [0.1, 0.15) is 11.9 Å². The van der Waals surface area contributed by atoms with Crippen molar-refractivity contribution in [2.24, 2.45) is 0 Å². The summed E-state index contributed by atoms with van der Waals surface area (Å²) in [5.74, 6) is -3.63. The highest BCUT2D eigenvalue weighted by Gasteiger charge is 2.61. The van der Waals surface area contributed by atoms with Gasteiger partial charge in [-0.3, -0.25) is 4.57 Å². The lowest BCUT2D eigenvalue weighted by Gasteiger charge is -2.25. The summed E-state index contributed by atoms with van der Waals surface area (Å²) in [4.78, 5) is 16.0. The molecule has 4 aromatic carbocycles. The molecule has 1 saturated heterocycles. The smallest absolute Gasteiger partial charge is 0.351 e. The van der Waals surface area contributed by atoms with Gasteiger partial charge in [0.05, 0.1) is 19.8 Å². The Morgan fingerprint density at radius 1 is 0.900 bits per heavy atom. The van der Waals surface area contributed by atoms with Crippen LogP contribution in [-0.4, -0.2) is 34.3 Å². The SMILES string of the molecule is Nc1ccn([C@@H]2O[C@H](COCc3ccc4ccccc4c3)[C@@H](OCc3cccc4ccccc34)C2(F)F)c(=O)n1.